The van der Waals surface area contributed by atoms with E-state index in [1.165, 1.54) is 21.1 Å². The Morgan fingerprint density at radius 2 is 1.36 bits per heavy atom. The van der Waals surface area contributed by atoms with Gasteiger partial charge in [-0.15, -0.1) is 0 Å². The van der Waals surface area contributed by atoms with Crippen molar-refractivity contribution in [2.24, 2.45) is 0 Å². The van der Waals surface area contributed by atoms with Crippen LogP contribution < -0.4 is 20.3 Å². The average Bonchev–Trinajstić information content (AvgIpc) is 2.96. The van der Waals surface area contributed by atoms with Crippen LogP contribution in [-0.4, -0.2) is 14.3 Å². The summed E-state index contributed by atoms with van der Waals surface area (Å²) in [5, 5.41) is 4.25. The van der Waals surface area contributed by atoms with Gasteiger partial charge in [-0.25, -0.2) is 0 Å². The van der Waals surface area contributed by atoms with Gasteiger partial charge in [0.25, 0.3) is 0 Å². The summed E-state index contributed by atoms with van der Waals surface area (Å²) in [5.74, 6) is 1.06. The molecule has 0 unspecified atom stereocenters. The number of benzene rings is 3. The van der Waals surface area contributed by atoms with Gasteiger partial charge in [-0.2, -0.15) is 0 Å². The zero-order chi connectivity index (χ0) is 15.0. The first-order chi connectivity index (χ1) is 10.8. The van der Waals surface area contributed by atoms with Gasteiger partial charge >= 0.3 is 0 Å². The molecule has 3 aromatic carbocycles. The molecule has 0 bridgehead atoms. The van der Waals surface area contributed by atoms with Gasteiger partial charge in [-0.1, -0.05) is 78.4 Å². The first kappa shape index (κ1) is 13.3. The number of hydrogen-bond acceptors (Lipinski definition) is 1. The van der Waals surface area contributed by atoms with E-state index >= 15 is 0 Å². The molecule has 2 heteroatoms. The molecule has 0 radical (unpaired) electrons. The molecule has 108 valence electrons. The summed E-state index contributed by atoms with van der Waals surface area (Å²) in [4.78, 5) is 0. The Balaban J connectivity index is 2.03. The van der Waals surface area contributed by atoms with Gasteiger partial charge in [0.15, 0.2) is 8.07 Å². The van der Waals surface area contributed by atoms with Gasteiger partial charge < -0.3 is 4.74 Å². The quantitative estimate of drug-likeness (QED) is 0.661. The highest BCUT2D eigenvalue weighted by atomic mass is 28.3. The van der Waals surface area contributed by atoms with Gasteiger partial charge in [-0.3, -0.25) is 0 Å². The second kappa shape index (κ2) is 5.15. The largest absolute Gasteiger partial charge is 0.496 e. The molecule has 0 saturated carbocycles. The molecular formula is C20H18OSi. The number of fused-ring (bicyclic) bond motifs is 1. The van der Waals surface area contributed by atoms with E-state index in [9.17, 15) is 0 Å². The molecule has 1 aliphatic rings. The van der Waals surface area contributed by atoms with Crippen molar-refractivity contribution in [3.05, 3.63) is 84.4 Å². The Kier molecular flexibility index (Phi) is 3.12. The van der Waals surface area contributed by atoms with Crippen molar-refractivity contribution in [3.63, 3.8) is 0 Å². The Labute approximate surface area is 132 Å². The fourth-order valence-electron chi connectivity index (χ4n) is 3.46. The van der Waals surface area contributed by atoms with Crippen LogP contribution in [0.2, 0.25) is 0 Å². The lowest BCUT2D eigenvalue weighted by Crippen LogP contribution is -2.67. The zero-order valence-electron chi connectivity index (χ0n) is 12.6. The summed E-state index contributed by atoms with van der Waals surface area (Å²) < 4.78 is 6.14. The molecule has 1 nitrogen and oxygen atoms in total. The molecule has 0 amide bonds. The summed E-state index contributed by atoms with van der Waals surface area (Å²) >= 11 is 0. The summed E-state index contributed by atoms with van der Waals surface area (Å²) in [7, 11) is -2.06. The van der Waals surface area contributed by atoms with Crippen molar-refractivity contribution in [3.8, 4) is 5.75 Å². The van der Waals surface area contributed by atoms with Gasteiger partial charge in [-0.05, 0) is 28.6 Å². The molecule has 0 fully saturated rings. The molecule has 0 aromatic heterocycles. The molecular weight excluding hydrogens is 284 g/mol. The van der Waals surface area contributed by atoms with E-state index in [-0.39, 0.29) is 0 Å². The minimum absolute atomic E-state index is 0.791. The standard InChI is InChI=1S/C20H18OSi/c1-16-12-13-19-20(14-16)22(15-21-19,17-8-4-2-5-9-17)18-10-6-3-7-11-18/h2-14H,15H2,1H3. The molecule has 3 aromatic rings. The fraction of sp³-hybridized carbons (Fsp3) is 0.100. The zero-order valence-corrected chi connectivity index (χ0v) is 13.6. The van der Waals surface area contributed by atoms with Crippen molar-refractivity contribution in [1.29, 1.82) is 0 Å². The lowest BCUT2D eigenvalue weighted by atomic mass is 10.2. The SMILES string of the molecule is Cc1ccc2c(c1)[Si](c1ccccc1)(c1ccccc1)CO2. The summed E-state index contributed by atoms with van der Waals surface area (Å²) in [6.07, 6.45) is 0.791. The van der Waals surface area contributed by atoms with E-state index in [2.05, 4.69) is 85.8 Å². The van der Waals surface area contributed by atoms with Crippen molar-refractivity contribution >= 4 is 23.6 Å². The second-order valence-electron chi connectivity index (χ2n) is 5.93. The van der Waals surface area contributed by atoms with Crippen LogP contribution in [0.25, 0.3) is 0 Å². The van der Waals surface area contributed by atoms with E-state index < -0.39 is 8.07 Å². The van der Waals surface area contributed by atoms with E-state index in [0.29, 0.717) is 0 Å². The Morgan fingerprint density at radius 1 is 0.773 bits per heavy atom. The van der Waals surface area contributed by atoms with Gasteiger partial charge in [0.1, 0.15) is 5.75 Å². The first-order valence-electron chi connectivity index (χ1n) is 7.66. The van der Waals surface area contributed by atoms with E-state index in [4.69, 9.17) is 4.74 Å². The van der Waals surface area contributed by atoms with Crippen LogP contribution in [0.5, 0.6) is 5.75 Å². The van der Waals surface area contributed by atoms with Crippen molar-refractivity contribution in [2.75, 3.05) is 6.23 Å². The van der Waals surface area contributed by atoms with E-state index in [0.717, 1.165) is 12.0 Å². The Hall–Kier alpha value is -2.32. The molecule has 1 aliphatic heterocycles. The third-order valence-corrected chi connectivity index (χ3v) is 9.10. The highest BCUT2D eigenvalue weighted by Crippen LogP contribution is 2.23. The predicted molar refractivity (Wildman–Crippen MR) is 94.2 cm³/mol. The van der Waals surface area contributed by atoms with Crippen LogP contribution in [0, 0.1) is 6.92 Å². The Bertz CT molecular complexity index is 757. The number of hydrogen-bond donors (Lipinski definition) is 0. The highest BCUT2D eigenvalue weighted by molar-refractivity contribution is 7.12. The molecule has 4 rings (SSSR count). The molecule has 0 spiro atoms. The monoisotopic (exact) mass is 302 g/mol. The van der Waals surface area contributed by atoms with E-state index in [1.807, 2.05) is 0 Å². The van der Waals surface area contributed by atoms with Gasteiger partial charge in [0, 0.05) is 0 Å². The summed E-state index contributed by atoms with van der Waals surface area (Å²) in [6.45, 7) is 2.16. The first-order valence-corrected chi connectivity index (χ1v) is 9.86. The van der Waals surface area contributed by atoms with E-state index in [1.54, 1.807) is 0 Å². The maximum absolute atomic E-state index is 6.14. The van der Waals surface area contributed by atoms with Gasteiger partial charge in [0.2, 0.25) is 0 Å². The van der Waals surface area contributed by atoms with Crippen LogP contribution in [0.15, 0.2) is 78.9 Å². The lowest BCUT2D eigenvalue weighted by Gasteiger charge is -2.27. The maximum Gasteiger partial charge on any atom is 0.193 e. The molecule has 0 saturated heterocycles. The Morgan fingerprint density at radius 3 is 1.95 bits per heavy atom. The minimum Gasteiger partial charge on any atom is -0.496 e. The minimum atomic E-state index is -2.06. The normalized spacial score (nSPS) is 15.1. The highest BCUT2D eigenvalue weighted by Gasteiger charge is 2.46. The third-order valence-electron chi connectivity index (χ3n) is 4.57. The van der Waals surface area contributed by atoms with Crippen LogP contribution >= 0.6 is 0 Å². The topological polar surface area (TPSA) is 9.23 Å². The summed E-state index contributed by atoms with van der Waals surface area (Å²) in [5.41, 5.74) is 1.30. The fourth-order valence-corrected chi connectivity index (χ4v) is 7.85. The van der Waals surface area contributed by atoms with Crippen molar-refractivity contribution < 1.29 is 4.74 Å². The van der Waals surface area contributed by atoms with Crippen LogP contribution in [0.4, 0.5) is 0 Å². The smallest absolute Gasteiger partial charge is 0.193 e. The van der Waals surface area contributed by atoms with Crippen LogP contribution in [0.3, 0.4) is 0 Å². The molecule has 0 atom stereocenters. The number of rotatable bonds is 2. The number of aryl methyl sites for hydroxylation is 1. The van der Waals surface area contributed by atoms with Crippen LogP contribution in [-0.2, 0) is 0 Å². The molecule has 0 aliphatic carbocycles. The third kappa shape index (κ3) is 1.91. The number of ether oxygens (including phenoxy) is 1. The average molecular weight is 302 g/mol. The second-order valence-corrected chi connectivity index (χ2v) is 9.72. The van der Waals surface area contributed by atoms with Crippen LogP contribution in [0.1, 0.15) is 5.56 Å². The summed E-state index contributed by atoms with van der Waals surface area (Å²) in [6, 6.07) is 28.4. The van der Waals surface area contributed by atoms with Gasteiger partial charge in [0.05, 0.1) is 6.23 Å². The predicted octanol–water partition coefficient (Wildman–Crippen LogP) is 2.40. The van der Waals surface area contributed by atoms with Crippen molar-refractivity contribution in [1.82, 2.24) is 0 Å². The lowest BCUT2D eigenvalue weighted by molar-refractivity contribution is 0.396. The maximum atomic E-state index is 6.14. The molecule has 0 N–H and O–H groups in total. The molecule has 22 heavy (non-hydrogen) atoms. The molecule has 1 heterocycles. The van der Waals surface area contributed by atoms with Crippen molar-refractivity contribution in [2.45, 2.75) is 6.92 Å².